The van der Waals surface area contributed by atoms with Gasteiger partial charge >= 0.3 is 0 Å². The van der Waals surface area contributed by atoms with Gasteiger partial charge < -0.3 is 10.5 Å². The monoisotopic (exact) mass is 228 g/mol. The Labute approximate surface area is 101 Å². The van der Waals surface area contributed by atoms with Crippen LogP contribution in [0.25, 0.3) is 11.1 Å². The number of hydrogen-bond donors (Lipinski definition) is 1. The first-order valence-electron chi connectivity index (χ1n) is 5.62. The topological polar surface area (TPSA) is 48.1 Å². The Kier molecular flexibility index (Phi) is 3.85. The maximum atomic E-state index is 5.46. The van der Waals surface area contributed by atoms with Gasteiger partial charge in [0.25, 0.3) is 0 Å². The first-order valence-corrected chi connectivity index (χ1v) is 5.62. The third-order valence-corrected chi connectivity index (χ3v) is 2.75. The summed E-state index contributed by atoms with van der Waals surface area (Å²) in [5, 5.41) is 0. The van der Waals surface area contributed by atoms with Crippen LogP contribution >= 0.6 is 0 Å². The van der Waals surface area contributed by atoms with Gasteiger partial charge in [0.05, 0.1) is 13.2 Å². The van der Waals surface area contributed by atoms with Crippen molar-refractivity contribution in [3.63, 3.8) is 0 Å². The van der Waals surface area contributed by atoms with Crippen LogP contribution in [0.2, 0.25) is 0 Å². The van der Waals surface area contributed by atoms with E-state index in [0.717, 1.165) is 13.2 Å². The highest BCUT2D eigenvalue weighted by Crippen LogP contribution is 2.30. The molecule has 0 spiro atoms. The van der Waals surface area contributed by atoms with Crippen LogP contribution in [0.1, 0.15) is 11.1 Å². The second-order valence-corrected chi connectivity index (χ2v) is 3.68. The largest absolute Gasteiger partial charge is 0.372 e. The van der Waals surface area contributed by atoms with E-state index < -0.39 is 0 Å². The van der Waals surface area contributed by atoms with Crippen molar-refractivity contribution in [3.05, 3.63) is 53.9 Å². The van der Waals surface area contributed by atoms with Gasteiger partial charge in [-0.3, -0.25) is 4.98 Å². The Morgan fingerprint density at radius 2 is 2.00 bits per heavy atom. The van der Waals surface area contributed by atoms with Gasteiger partial charge in [-0.05, 0) is 29.8 Å². The number of ether oxygens (including phenoxy) is 1. The predicted octanol–water partition coefficient (Wildman–Crippen LogP) is 2.35. The second-order valence-electron chi connectivity index (χ2n) is 3.68. The molecule has 3 nitrogen and oxygen atoms in total. The summed E-state index contributed by atoms with van der Waals surface area (Å²) in [7, 11) is 1.50. The zero-order valence-corrected chi connectivity index (χ0v) is 9.89. The molecule has 88 valence electrons. The number of nitrogens with zero attached hydrogens (tertiary/aromatic N) is 1. The average Bonchev–Trinajstić information content (AvgIpc) is 2.90. The molecular weight excluding hydrogens is 212 g/mol. The molecular formula is C14H16N2O. The van der Waals surface area contributed by atoms with Crippen molar-refractivity contribution >= 4 is 0 Å². The van der Waals surface area contributed by atoms with E-state index >= 15 is 0 Å². The molecule has 0 saturated carbocycles. The van der Waals surface area contributed by atoms with Gasteiger partial charge in [-0.15, -0.1) is 0 Å². The molecule has 0 unspecified atom stereocenters. The Bertz CT molecular complexity index is 483. The van der Waals surface area contributed by atoms with Crippen molar-refractivity contribution in [1.29, 1.82) is 0 Å². The van der Waals surface area contributed by atoms with Crippen LogP contribution < -0.4 is 5.73 Å². The van der Waals surface area contributed by atoms with Crippen LogP contribution in [0.4, 0.5) is 0 Å². The molecule has 2 N–H and O–H groups in total. The van der Waals surface area contributed by atoms with Gasteiger partial charge in [-0.1, -0.05) is 24.3 Å². The molecule has 2 heterocycles. The fourth-order valence-electron chi connectivity index (χ4n) is 2.00. The van der Waals surface area contributed by atoms with Crippen LogP contribution in [-0.2, 0) is 18.0 Å². The smallest absolute Gasteiger partial charge is 0.0731 e. The Balaban J connectivity index is 0.000000514. The molecule has 3 heteroatoms. The van der Waals surface area contributed by atoms with E-state index in [2.05, 4.69) is 35.0 Å². The molecule has 2 aromatic rings. The highest BCUT2D eigenvalue weighted by Gasteiger charge is 2.15. The fourth-order valence-corrected chi connectivity index (χ4v) is 2.00. The van der Waals surface area contributed by atoms with E-state index in [1.165, 1.54) is 29.3 Å². The summed E-state index contributed by atoms with van der Waals surface area (Å²) < 4.78 is 5.46. The summed E-state index contributed by atoms with van der Waals surface area (Å²) in [4.78, 5) is 4.15. The molecule has 0 atom stereocenters. The Morgan fingerprint density at radius 3 is 2.76 bits per heavy atom. The van der Waals surface area contributed by atoms with Gasteiger partial charge in [0.15, 0.2) is 0 Å². The van der Waals surface area contributed by atoms with Crippen molar-refractivity contribution < 1.29 is 4.74 Å². The van der Waals surface area contributed by atoms with Crippen molar-refractivity contribution in [3.8, 4) is 11.1 Å². The SMILES string of the molecule is CN.c1cncc(-c2cccc3c2COC3)c1. The average molecular weight is 228 g/mol. The molecule has 17 heavy (non-hydrogen) atoms. The third-order valence-electron chi connectivity index (χ3n) is 2.75. The lowest BCUT2D eigenvalue weighted by atomic mass is 9.98. The summed E-state index contributed by atoms with van der Waals surface area (Å²) in [6, 6.07) is 10.4. The van der Waals surface area contributed by atoms with Crippen LogP contribution in [0.5, 0.6) is 0 Å². The van der Waals surface area contributed by atoms with Gasteiger partial charge in [0, 0.05) is 18.0 Å². The Hall–Kier alpha value is -1.71. The molecule has 0 aliphatic carbocycles. The van der Waals surface area contributed by atoms with E-state index in [9.17, 15) is 0 Å². The standard InChI is InChI=1S/C13H11NO.CH5N/c1-3-11-8-15-9-13(11)12(5-1)10-4-2-6-14-7-10;1-2/h1-7H,8-9H2;2H2,1H3. The molecule has 0 amide bonds. The molecule has 0 radical (unpaired) electrons. The molecule has 0 saturated heterocycles. The molecule has 1 aliphatic heterocycles. The number of benzene rings is 1. The van der Waals surface area contributed by atoms with Gasteiger partial charge in [-0.2, -0.15) is 0 Å². The first-order chi connectivity index (χ1) is 8.45. The fraction of sp³-hybridized carbons (Fsp3) is 0.214. The minimum atomic E-state index is 0.723. The zero-order valence-electron chi connectivity index (χ0n) is 9.89. The molecule has 3 rings (SSSR count). The number of nitrogens with two attached hydrogens (primary N) is 1. The summed E-state index contributed by atoms with van der Waals surface area (Å²) in [5.41, 5.74) is 9.53. The van der Waals surface area contributed by atoms with Crippen LogP contribution in [0, 0.1) is 0 Å². The number of aromatic nitrogens is 1. The quantitative estimate of drug-likeness (QED) is 0.815. The summed E-state index contributed by atoms with van der Waals surface area (Å²) in [6.07, 6.45) is 3.69. The highest BCUT2D eigenvalue weighted by atomic mass is 16.5. The maximum Gasteiger partial charge on any atom is 0.0731 e. The van der Waals surface area contributed by atoms with Crippen molar-refractivity contribution in [2.45, 2.75) is 13.2 Å². The lowest BCUT2D eigenvalue weighted by molar-refractivity contribution is 0.134. The molecule has 0 fully saturated rings. The van der Waals surface area contributed by atoms with Crippen molar-refractivity contribution in [1.82, 2.24) is 4.98 Å². The van der Waals surface area contributed by atoms with E-state index in [-0.39, 0.29) is 0 Å². The van der Waals surface area contributed by atoms with E-state index in [1.807, 2.05) is 12.3 Å². The lowest BCUT2D eigenvalue weighted by Gasteiger charge is -2.06. The minimum absolute atomic E-state index is 0.723. The molecule has 1 aromatic carbocycles. The number of pyridine rings is 1. The number of hydrogen-bond acceptors (Lipinski definition) is 3. The number of fused-ring (bicyclic) bond motifs is 1. The van der Waals surface area contributed by atoms with Gasteiger partial charge in [0.1, 0.15) is 0 Å². The second kappa shape index (κ2) is 5.57. The van der Waals surface area contributed by atoms with Crippen molar-refractivity contribution in [2.24, 2.45) is 5.73 Å². The van der Waals surface area contributed by atoms with Crippen LogP contribution in [0.15, 0.2) is 42.7 Å². The summed E-state index contributed by atoms with van der Waals surface area (Å²) in [6.45, 7) is 1.46. The molecule has 1 aromatic heterocycles. The minimum Gasteiger partial charge on any atom is -0.372 e. The molecule has 1 aliphatic rings. The lowest BCUT2D eigenvalue weighted by Crippen LogP contribution is -1.88. The number of rotatable bonds is 1. The third kappa shape index (κ3) is 2.35. The van der Waals surface area contributed by atoms with E-state index in [1.54, 1.807) is 6.20 Å². The van der Waals surface area contributed by atoms with Crippen LogP contribution in [-0.4, -0.2) is 12.0 Å². The molecule has 0 bridgehead atoms. The summed E-state index contributed by atoms with van der Waals surface area (Å²) in [5.74, 6) is 0. The predicted molar refractivity (Wildman–Crippen MR) is 68.3 cm³/mol. The van der Waals surface area contributed by atoms with Gasteiger partial charge in [-0.25, -0.2) is 0 Å². The zero-order chi connectivity index (χ0) is 12.1. The van der Waals surface area contributed by atoms with Crippen LogP contribution in [0.3, 0.4) is 0 Å². The van der Waals surface area contributed by atoms with Gasteiger partial charge in [0.2, 0.25) is 0 Å². The summed E-state index contributed by atoms with van der Waals surface area (Å²) >= 11 is 0. The van der Waals surface area contributed by atoms with Crippen molar-refractivity contribution in [2.75, 3.05) is 7.05 Å². The maximum absolute atomic E-state index is 5.46. The first kappa shape index (κ1) is 11.8. The van der Waals surface area contributed by atoms with E-state index in [0.29, 0.717) is 0 Å². The van der Waals surface area contributed by atoms with E-state index in [4.69, 9.17) is 4.74 Å². The Morgan fingerprint density at radius 1 is 1.12 bits per heavy atom. The normalized spacial score (nSPS) is 12.6. The highest BCUT2D eigenvalue weighted by molar-refractivity contribution is 5.68.